The summed E-state index contributed by atoms with van der Waals surface area (Å²) in [4.78, 5) is 0. The fourth-order valence-corrected chi connectivity index (χ4v) is 1.50. The minimum absolute atomic E-state index is 0.421. The first-order valence-corrected chi connectivity index (χ1v) is 3.83. The van der Waals surface area contributed by atoms with E-state index < -0.39 is 0 Å². The quantitative estimate of drug-likeness (QED) is 0.567. The number of nitrogens with two attached hydrogens (primary N) is 1. The minimum atomic E-state index is 0.421. The molecule has 9 heavy (non-hydrogen) atoms. The van der Waals surface area contributed by atoms with Crippen LogP contribution < -0.4 is 11.1 Å². The van der Waals surface area contributed by atoms with Crippen LogP contribution in [0.1, 0.15) is 26.2 Å². The Balaban J connectivity index is 2.22. The first kappa shape index (κ1) is 7.03. The van der Waals surface area contributed by atoms with Crippen LogP contribution in [0.15, 0.2) is 0 Å². The molecule has 0 radical (unpaired) electrons. The third kappa shape index (κ3) is 1.66. The molecule has 2 atom stereocenters. The molecule has 0 aliphatic heterocycles. The molecule has 0 amide bonds. The third-order valence-corrected chi connectivity index (χ3v) is 2.04. The Morgan fingerprint density at radius 2 is 2.33 bits per heavy atom. The van der Waals surface area contributed by atoms with Gasteiger partial charge in [0.2, 0.25) is 0 Å². The molecule has 0 aromatic carbocycles. The van der Waals surface area contributed by atoms with E-state index >= 15 is 0 Å². The highest BCUT2D eigenvalue weighted by atomic mass is 15.0. The number of hydrogen-bond donors (Lipinski definition) is 2. The summed E-state index contributed by atoms with van der Waals surface area (Å²) in [6, 6.07) is 1.03. The van der Waals surface area contributed by atoms with E-state index in [0.29, 0.717) is 12.1 Å². The lowest BCUT2D eigenvalue weighted by atomic mass is 10.2. The van der Waals surface area contributed by atoms with E-state index in [1.54, 1.807) is 0 Å². The van der Waals surface area contributed by atoms with Gasteiger partial charge < -0.3 is 11.1 Å². The predicted molar refractivity (Wildman–Crippen MR) is 39.3 cm³/mol. The van der Waals surface area contributed by atoms with E-state index in [1.165, 1.54) is 19.3 Å². The standard InChI is InChI=1S/C7H16N2/c1-2-9-7-5-3-4-6(7)8/h6-7,9H,2-5,8H2,1H3/t6-,7-/m1/s1. The van der Waals surface area contributed by atoms with E-state index in [1.807, 2.05) is 0 Å². The van der Waals surface area contributed by atoms with Gasteiger partial charge in [0, 0.05) is 12.1 Å². The second-order valence-electron chi connectivity index (χ2n) is 2.76. The fourth-order valence-electron chi connectivity index (χ4n) is 1.50. The first-order valence-electron chi connectivity index (χ1n) is 3.83. The molecule has 1 saturated carbocycles. The molecule has 0 aromatic heterocycles. The van der Waals surface area contributed by atoms with Crippen LogP contribution in [0.3, 0.4) is 0 Å². The smallest absolute Gasteiger partial charge is 0.0218 e. The molecule has 1 fully saturated rings. The summed E-state index contributed by atoms with van der Waals surface area (Å²) >= 11 is 0. The van der Waals surface area contributed by atoms with Gasteiger partial charge in [-0.1, -0.05) is 13.3 Å². The molecule has 54 valence electrons. The fraction of sp³-hybridized carbons (Fsp3) is 1.00. The van der Waals surface area contributed by atoms with Gasteiger partial charge in [0.1, 0.15) is 0 Å². The van der Waals surface area contributed by atoms with Gasteiger partial charge in [0.05, 0.1) is 0 Å². The molecule has 1 aliphatic rings. The number of rotatable bonds is 2. The van der Waals surface area contributed by atoms with Crippen molar-refractivity contribution in [1.82, 2.24) is 5.32 Å². The summed E-state index contributed by atoms with van der Waals surface area (Å²) < 4.78 is 0. The summed E-state index contributed by atoms with van der Waals surface area (Å²) in [6.45, 7) is 3.18. The summed E-state index contributed by atoms with van der Waals surface area (Å²) in [7, 11) is 0. The molecule has 0 saturated heterocycles. The van der Waals surface area contributed by atoms with Crippen LogP contribution in [0.25, 0.3) is 0 Å². The molecule has 0 bridgehead atoms. The van der Waals surface area contributed by atoms with Crippen molar-refractivity contribution < 1.29 is 0 Å². The third-order valence-electron chi connectivity index (χ3n) is 2.04. The molecular formula is C7H16N2. The highest BCUT2D eigenvalue weighted by Crippen LogP contribution is 2.16. The van der Waals surface area contributed by atoms with Crippen molar-refractivity contribution >= 4 is 0 Å². The number of hydrogen-bond acceptors (Lipinski definition) is 2. The van der Waals surface area contributed by atoms with Crippen molar-refractivity contribution in [2.24, 2.45) is 5.73 Å². The van der Waals surface area contributed by atoms with E-state index in [0.717, 1.165) is 6.54 Å². The molecule has 0 aromatic rings. The van der Waals surface area contributed by atoms with Crippen LogP contribution in [-0.4, -0.2) is 18.6 Å². The lowest BCUT2D eigenvalue weighted by Gasteiger charge is -2.14. The van der Waals surface area contributed by atoms with Crippen molar-refractivity contribution in [3.05, 3.63) is 0 Å². The van der Waals surface area contributed by atoms with Crippen molar-refractivity contribution in [3.8, 4) is 0 Å². The Labute approximate surface area is 56.8 Å². The van der Waals surface area contributed by atoms with Gasteiger partial charge in [-0.15, -0.1) is 0 Å². The Morgan fingerprint density at radius 3 is 2.78 bits per heavy atom. The Bertz CT molecular complexity index is 83.0. The molecule has 2 heteroatoms. The molecular weight excluding hydrogens is 112 g/mol. The molecule has 1 aliphatic carbocycles. The summed E-state index contributed by atoms with van der Waals surface area (Å²) in [6.07, 6.45) is 3.78. The van der Waals surface area contributed by atoms with Gasteiger partial charge in [0.25, 0.3) is 0 Å². The molecule has 1 rings (SSSR count). The topological polar surface area (TPSA) is 38.0 Å². The molecule has 2 nitrogen and oxygen atoms in total. The number of likely N-dealkylation sites (N-methyl/N-ethyl adjacent to an activating group) is 1. The zero-order valence-corrected chi connectivity index (χ0v) is 6.06. The van der Waals surface area contributed by atoms with Crippen LogP contribution in [0.2, 0.25) is 0 Å². The second-order valence-corrected chi connectivity index (χ2v) is 2.76. The maximum absolute atomic E-state index is 5.80. The summed E-state index contributed by atoms with van der Waals surface area (Å²) in [5.41, 5.74) is 5.80. The van der Waals surface area contributed by atoms with Crippen molar-refractivity contribution in [3.63, 3.8) is 0 Å². The first-order chi connectivity index (χ1) is 4.34. The second kappa shape index (κ2) is 3.18. The molecule has 0 spiro atoms. The normalized spacial score (nSPS) is 35.3. The SMILES string of the molecule is CCN[C@@H]1CCC[C@H]1N. The van der Waals surface area contributed by atoms with Gasteiger partial charge in [-0.3, -0.25) is 0 Å². The predicted octanol–water partition coefficient (Wildman–Crippen LogP) is 0.476. The highest BCUT2D eigenvalue weighted by Gasteiger charge is 2.21. The van der Waals surface area contributed by atoms with Crippen molar-refractivity contribution in [2.45, 2.75) is 38.3 Å². The van der Waals surface area contributed by atoms with E-state index in [9.17, 15) is 0 Å². The minimum Gasteiger partial charge on any atom is -0.326 e. The van der Waals surface area contributed by atoms with Crippen LogP contribution in [0, 0.1) is 0 Å². The highest BCUT2D eigenvalue weighted by molar-refractivity contribution is 4.85. The largest absolute Gasteiger partial charge is 0.326 e. The molecule has 0 heterocycles. The van der Waals surface area contributed by atoms with Crippen LogP contribution in [0.4, 0.5) is 0 Å². The monoisotopic (exact) mass is 128 g/mol. The van der Waals surface area contributed by atoms with Crippen molar-refractivity contribution in [1.29, 1.82) is 0 Å². The van der Waals surface area contributed by atoms with Crippen LogP contribution in [-0.2, 0) is 0 Å². The van der Waals surface area contributed by atoms with Gasteiger partial charge in [0.15, 0.2) is 0 Å². The number of nitrogens with one attached hydrogen (secondary N) is 1. The van der Waals surface area contributed by atoms with Crippen LogP contribution >= 0.6 is 0 Å². The molecule has 3 N–H and O–H groups in total. The Kier molecular flexibility index (Phi) is 2.49. The van der Waals surface area contributed by atoms with Crippen molar-refractivity contribution in [2.75, 3.05) is 6.54 Å². The van der Waals surface area contributed by atoms with Gasteiger partial charge in [-0.05, 0) is 19.4 Å². The van der Waals surface area contributed by atoms with Crippen LogP contribution in [0.5, 0.6) is 0 Å². The Morgan fingerprint density at radius 1 is 1.56 bits per heavy atom. The molecule has 0 unspecified atom stereocenters. The van der Waals surface area contributed by atoms with E-state index in [-0.39, 0.29) is 0 Å². The maximum Gasteiger partial charge on any atom is 0.0218 e. The average Bonchev–Trinajstić information content (AvgIpc) is 2.18. The zero-order valence-electron chi connectivity index (χ0n) is 6.06. The Hall–Kier alpha value is -0.0800. The zero-order chi connectivity index (χ0) is 6.69. The van der Waals surface area contributed by atoms with Gasteiger partial charge in [-0.2, -0.15) is 0 Å². The average molecular weight is 128 g/mol. The lowest BCUT2D eigenvalue weighted by molar-refractivity contribution is 0.489. The van der Waals surface area contributed by atoms with E-state index in [4.69, 9.17) is 5.73 Å². The lowest BCUT2D eigenvalue weighted by Crippen LogP contribution is -2.40. The van der Waals surface area contributed by atoms with Gasteiger partial charge >= 0.3 is 0 Å². The summed E-state index contributed by atoms with van der Waals surface area (Å²) in [5.74, 6) is 0. The van der Waals surface area contributed by atoms with Gasteiger partial charge in [-0.25, -0.2) is 0 Å². The van der Waals surface area contributed by atoms with E-state index in [2.05, 4.69) is 12.2 Å². The maximum atomic E-state index is 5.80. The summed E-state index contributed by atoms with van der Waals surface area (Å²) in [5, 5.41) is 3.37.